The quantitative estimate of drug-likeness (QED) is 0.257. The van der Waals surface area contributed by atoms with E-state index in [1.54, 1.807) is 36.3 Å². The normalized spacial score (nSPS) is 19.4. The number of hydrogen-bond acceptors (Lipinski definition) is 7. The summed E-state index contributed by atoms with van der Waals surface area (Å²) in [5.41, 5.74) is 1.68. The Kier molecular flexibility index (Phi) is 10.2. The third-order valence-electron chi connectivity index (χ3n) is 8.28. The number of benzene rings is 2. The van der Waals surface area contributed by atoms with Crippen LogP contribution in [0.2, 0.25) is 0 Å². The van der Waals surface area contributed by atoms with Crippen LogP contribution in [-0.2, 0) is 6.54 Å². The molecule has 2 fully saturated rings. The summed E-state index contributed by atoms with van der Waals surface area (Å²) in [6, 6.07) is 14.6. The number of carbonyl (C=O) groups excluding carboxylic acids is 3. The molecule has 2 aromatic carbocycles. The molecule has 5 rings (SSSR count). The fourth-order valence-electron chi connectivity index (χ4n) is 5.73. The molecule has 2 amide bonds. The van der Waals surface area contributed by atoms with E-state index in [4.69, 9.17) is 4.74 Å². The second kappa shape index (κ2) is 14.3. The number of piperidine rings is 2. The van der Waals surface area contributed by atoms with Crippen LogP contribution in [0.3, 0.4) is 0 Å². The number of methoxy groups -OCH3 is 1. The maximum absolute atomic E-state index is 15.0. The summed E-state index contributed by atoms with van der Waals surface area (Å²) >= 11 is 0. The molecule has 0 aliphatic carbocycles. The first-order valence-electron chi connectivity index (χ1n) is 14.9. The second-order valence-corrected chi connectivity index (χ2v) is 11.4. The SMILES string of the molecule is COc1ccc(C(=O)C2CCN(C(=O)c3ccc(C(=O)NC4CCN(Cc5ccc(OC(F)(F)F)cc5)C[C@H]4F)cn3)CC2)cc1. The van der Waals surface area contributed by atoms with Gasteiger partial charge in [-0.15, -0.1) is 13.2 Å². The molecular formula is C33H34F4N4O5. The Labute approximate surface area is 263 Å². The molecule has 0 spiro atoms. The molecule has 0 saturated carbocycles. The number of rotatable bonds is 9. The molecular weight excluding hydrogens is 608 g/mol. The number of ether oxygens (including phenoxy) is 2. The van der Waals surface area contributed by atoms with Gasteiger partial charge in [-0.1, -0.05) is 12.1 Å². The van der Waals surface area contributed by atoms with Gasteiger partial charge in [-0.3, -0.25) is 24.3 Å². The van der Waals surface area contributed by atoms with Crippen LogP contribution in [0.15, 0.2) is 66.9 Å². The molecule has 1 N–H and O–H groups in total. The van der Waals surface area contributed by atoms with E-state index in [-0.39, 0.29) is 41.2 Å². The highest BCUT2D eigenvalue weighted by molar-refractivity contribution is 5.99. The van der Waals surface area contributed by atoms with Gasteiger partial charge in [0.15, 0.2) is 5.78 Å². The van der Waals surface area contributed by atoms with Crippen LogP contribution in [0.25, 0.3) is 0 Å². The number of hydrogen-bond donors (Lipinski definition) is 1. The van der Waals surface area contributed by atoms with Gasteiger partial charge in [0.05, 0.1) is 18.7 Å². The number of pyridine rings is 1. The predicted octanol–water partition coefficient (Wildman–Crippen LogP) is 5.07. The fraction of sp³-hybridized carbons (Fsp3) is 0.394. The summed E-state index contributed by atoms with van der Waals surface area (Å²) in [6.07, 6.45) is -3.45. The molecule has 9 nitrogen and oxygen atoms in total. The zero-order chi connectivity index (χ0) is 32.8. The van der Waals surface area contributed by atoms with Gasteiger partial charge in [-0.05, 0) is 73.4 Å². The number of aromatic nitrogens is 1. The van der Waals surface area contributed by atoms with Crippen LogP contribution in [0, 0.1) is 5.92 Å². The average molecular weight is 643 g/mol. The standard InChI is InChI=1S/C33H34F4N4O5/c1-45-25-9-4-22(5-10-25)30(42)23-12-16-41(17-13-23)32(44)29-11-6-24(18-38-29)31(43)39-28-14-15-40(20-27(28)34)19-21-2-7-26(8-3-21)46-33(35,36)37/h2-11,18,23,27-28H,12-17,19-20H2,1H3,(H,39,43)/t27-,28?/m1/s1. The van der Waals surface area contributed by atoms with Crippen molar-refractivity contribution in [3.8, 4) is 11.5 Å². The number of Topliss-reactive ketones (excluding diaryl/α,β-unsaturated/α-hetero) is 1. The van der Waals surface area contributed by atoms with E-state index in [9.17, 15) is 27.6 Å². The lowest BCUT2D eigenvalue weighted by molar-refractivity contribution is -0.274. The van der Waals surface area contributed by atoms with Crippen molar-refractivity contribution in [1.82, 2.24) is 20.1 Å². The van der Waals surface area contributed by atoms with Crippen molar-refractivity contribution in [2.45, 2.75) is 44.4 Å². The van der Waals surface area contributed by atoms with E-state index >= 15 is 4.39 Å². The average Bonchev–Trinajstić information content (AvgIpc) is 3.05. The number of alkyl halides is 4. The third-order valence-corrected chi connectivity index (χ3v) is 8.28. The minimum atomic E-state index is -4.77. The summed E-state index contributed by atoms with van der Waals surface area (Å²) in [5.74, 6) is -0.598. The van der Waals surface area contributed by atoms with Gasteiger partial charge in [0, 0.05) is 50.4 Å². The van der Waals surface area contributed by atoms with E-state index in [2.05, 4.69) is 15.0 Å². The van der Waals surface area contributed by atoms with Crippen molar-refractivity contribution >= 4 is 17.6 Å². The molecule has 1 aromatic heterocycles. The van der Waals surface area contributed by atoms with E-state index in [1.807, 2.05) is 4.90 Å². The zero-order valence-corrected chi connectivity index (χ0v) is 25.1. The van der Waals surface area contributed by atoms with Crippen molar-refractivity contribution in [2.24, 2.45) is 5.92 Å². The Morgan fingerprint density at radius 3 is 2.13 bits per heavy atom. The van der Waals surface area contributed by atoms with Gasteiger partial charge < -0.3 is 19.7 Å². The van der Waals surface area contributed by atoms with Crippen molar-refractivity contribution in [3.05, 3.63) is 89.2 Å². The molecule has 2 aliphatic heterocycles. The first-order valence-corrected chi connectivity index (χ1v) is 14.9. The van der Waals surface area contributed by atoms with Crippen molar-refractivity contribution in [2.75, 3.05) is 33.3 Å². The Bertz CT molecular complexity index is 1510. The van der Waals surface area contributed by atoms with Crippen LogP contribution in [-0.4, -0.2) is 84.2 Å². The summed E-state index contributed by atoms with van der Waals surface area (Å²) in [7, 11) is 1.56. The highest BCUT2D eigenvalue weighted by Crippen LogP contribution is 2.26. The van der Waals surface area contributed by atoms with Gasteiger partial charge in [-0.25, -0.2) is 4.39 Å². The lowest BCUT2D eigenvalue weighted by atomic mass is 9.88. The number of amides is 2. The largest absolute Gasteiger partial charge is 0.573 e. The first-order chi connectivity index (χ1) is 22.0. The second-order valence-electron chi connectivity index (χ2n) is 11.4. The maximum Gasteiger partial charge on any atom is 0.573 e. The van der Waals surface area contributed by atoms with Crippen molar-refractivity contribution in [3.63, 3.8) is 0 Å². The third kappa shape index (κ3) is 8.39. The molecule has 3 aromatic rings. The number of carbonyl (C=O) groups is 3. The van der Waals surface area contributed by atoms with E-state index in [1.165, 1.54) is 42.6 Å². The monoisotopic (exact) mass is 642 g/mol. The summed E-state index contributed by atoms with van der Waals surface area (Å²) < 4.78 is 61.1. The summed E-state index contributed by atoms with van der Waals surface area (Å²) in [5, 5.41) is 2.71. The van der Waals surface area contributed by atoms with Gasteiger partial charge in [0.25, 0.3) is 11.8 Å². The van der Waals surface area contributed by atoms with E-state index in [0.717, 1.165) is 0 Å². The smallest absolute Gasteiger partial charge is 0.497 e. The molecule has 0 bridgehead atoms. The van der Waals surface area contributed by atoms with Gasteiger partial charge in [0.1, 0.15) is 23.4 Å². The zero-order valence-electron chi connectivity index (χ0n) is 25.1. The van der Waals surface area contributed by atoms with Crippen LogP contribution in [0.1, 0.15) is 56.0 Å². The van der Waals surface area contributed by atoms with Gasteiger partial charge in [-0.2, -0.15) is 0 Å². The van der Waals surface area contributed by atoms with Crippen LogP contribution >= 0.6 is 0 Å². The molecule has 46 heavy (non-hydrogen) atoms. The van der Waals surface area contributed by atoms with Gasteiger partial charge >= 0.3 is 6.36 Å². The Morgan fingerprint density at radius 1 is 0.891 bits per heavy atom. The first kappa shape index (κ1) is 32.9. The number of likely N-dealkylation sites (tertiary alicyclic amines) is 2. The number of nitrogens with zero attached hydrogens (tertiary/aromatic N) is 3. The Balaban J connectivity index is 1.07. The summed E-state index contributed by atoms with van der Waals surface area (Å²) in [6.45, 7) is 1.66. The highest BCUT2D eigenvalue weighted by atomic mass is 19.4. The summed E-state index contributed by atoms with van der Waals surface area (Å²) in [4.78, 5) is 46.4. The highest BCUT2D eigenvalue weighted by Gasteiger charge is 2.33. The lowest BCUT2D eigenvalue weighted by Crippen LogP contribution is -2.52. The molecule has 244 valence electrons. The van der Waals surface area contributed by atoms with Gasteiger partial charge in [0.2, 0.25) is 0 Å². The molecule has 3 heterocycles. The van der Waals surface area contributed by atoms with Crippen LogP contribution in [0.5, 0.6) is 11.5 Å². The predicted molar refractivity (Wildman–Crippen MR) is 159 cm³/mol. The maximum atomic E-state index is 15.0. The van der Waals surface area contributed by atoms with E-state index in [0.29, 0.717) is 62.3 Å². The number of ketones is 1. The van der Waals surface area contributed by atoms with Crippen LogP contribution in [0.4, 0.5) is 17.6 Å². The Hall–Kier alpha value is -4.52. The Morgan fingerprint density at radius 2 is 1.54 bits per heavy atom. The molecule has 1 unspecified atom stereocenters. The number of nitrogens with one attached hydrogen (secondary N) is 1. The van der Waals surface area contributed by atoms with Crippen molar-refractivity contribution in [1.29, 1.82) is 0 Å². The lowest BCUT2D eigenvalue weighted by Gasteiger charge is -2.35. The van der Waals surface area contributed by atoms with Crippen molar-refractivity contribution < 1.29 is 41.4 Å². The number of halogens is 4. The molecule has 2 atom stereocenters. The molecule has 13 heteroatoms. The minimum Gasteiger partial charge on any atom is -0.497 e. The minimum absolute atomic E-state index is 0.0394. The molecule has 2 saturated heterocycles. The van der Waals surface area contributed by atoms with E-state index < -0.39 is 24.5 Å². The fourth-order valence-corrected chi connectivity index (χ4v) is 5.73. The molecule has 0 radical (unpaired) electrons. The topological polar surface area (TPSA) is 101 Å². The van der Waals surface area contributed by atoms with Crippen LogP contribution < -0.4 is 14.8 Å². The molecule has 2 aliphatic rings.